The molecule has 3 rings (SSSR count). The van der Waals surface area contributed by atoms with Gasteiger partial charge in [-0.3, -0.25) is 9.48 Å². The minimum absolute atomic E-state index is 0.0658. The van der Waals surface area contributed by atoms with Gasteiger partial charge in [0.05, 0.1) is 31.5 Å². The molecule has 0 bridgehead atoms. The summed E-state index contributed by atoms with van der Waals surface area (Å²) < 4.78 is 7.63. The Labute approximate surface area is 141 Å². The lowest BCUT2D eigenvalue weighted by Crippen LogP contribution is -2.56. The highest BCUT2D eigenvalue weighted by atomic mass is 16.5. The molecule has 1 atom stereocenters. The van der Waals surface area contributed by atoms with E-state index in [9.17, 15) is 9.90 Å². The van der Waals surface area contributed by atoms with E-state index in [2.05, 4.69) is 5.10 Å². The summed E-state index contributed by atoms with van der Waals surface area (Å²) in [6, 6.07) is 9.90. The third-order valence-corrected chi connectivity index (χ3v) is 4.40. The van der Waals surface area contributed by atoms with Crippen molar-refractivity contribution >= 4 is 5.91 Å². The van der Waals surface area contributed by atoms with Gasteiger partial charge >= 0.3 is 0 Å². The molecule has 6 nitrogen and oxygen atoms in total. The van der Waals surface area contributed by atoms with E-state index >= 15 is 0 Å². The van der Waals surface area contributed by atoms with Gasteiger partial charge in [0.2, 0.25) is 0 Å². The van der Waals surface area contributed by atoms with E-state index in [4.69, 9.17) is 4.74 Å². The predicted octanol–water partition coefficient (Wildman–Crippen LogP) is 1.35. The summed E-state index contributed by atoms with van der Waals surface area (Å²) in [4.78, 5) is 14.5. The fourth-order valence-electron chi connectivity index (χ4n) is 3.07. The number of morpholine rings is 1. The van der Waals surface area contributed by atoms with Crippen LogP contribution >= 0.6 is 0 Å². The second-order valence-electron chi connectivity index (χ2n) is 6.16. The van der Waals surface area contributed by atoms with E-state index in [-0.39, 0.29) is 12.5 Å². The number of rotatable bonds is 5. The Morgan fingerprint density at radius 3 is 2.83 bits per heavy atom. The molecular weight excluding hydrogens is 306 g/mol. The van der Waals surface area contributed by atoms with Crippen molar-refractivity contribution in [3.8, 4) is 0 Å². The normalized spacial score (nSPS) is 21.0. The molecule has 6 heteroatoms. The van der Waals surface area contributed by atoms with Crippen LogP contribution in [0.15, 0.2) is 42.7 Å². The van der Waals surface area contributed by atoms with Gasteiger partial charge in [0.1, 0.15) is 5.60 Å². The largest absolute Gasteiger partial charge is 0.393 e. The van der Waals surface area contributed by atoms with Gasteiger partial charge in [-0.2, -0.15) is 5.10 Å². The van der Waals surface area contributed by atoms with Crippen LogP contribution in [0.5, 0.6) is 0 Å². The van der Waals surface area contributed by atoms with Crippen LogP contribution in [-0.2, 0) is 17.7 Å². The number of amides is 1. The maximum atomic E-state index is 12.7. The summed E-state index contributed by atoms with van der Waals surface area (Å²) in [6.07, 6.45) is 3.93. The van der Waals surface area contributed by atoms with Gasteiger partial charge in [-0.05, 0) is 12.5 Å². The van der Waals surface area contributed by atoms with Crippen molar-refractivity contribution in [3.05, 3.63) is 53.9 Å². The molecule has 2 heterocycles. The number of hydrogen-bond acceptors (Lipinski definition) is 4. The second-order valence-corrected chi connectivity index (χ2v) is 6.16. The minimum Gasteiger partial charge on any atom is -0.393 e. The quantitative estimate of drug-likeness (QED) is 0.899. The summed E-state index contributed by atoms with van der Waals surface area (Å²) in [6.45, 7) is 3.89. The summed E-state index contributed by atoms with van der Waals surface area (Å²) in [7, 11) is 0. The number of carbonyl (C=O) groups excluding carboxylic acids is 1. The number of ether oxygens (including phenoxy) is 1. The number of hydrogen-bond donors (Lipinski definition) is 1. The van der Waals surface area contributed by atoms with Crippen molar-refractivity contribution in [3.63, 3.8) is 0 Å². The molecule has 1 N–H and O–H groups in total. The number of aromatic nitrogens is 2. The standard InChI is InChI=1S/C18H23N3O3/c1-2-21-12-16(11-19-21)17(23)20-8-9-24-18(13-20,14-22)10-15-6-4-3-5-7-15/h3-7,11-12,22H,2,8-10,13-14H2,1H3. The Balaban J connectivity index is 1.75. The highest BCUT2D eigenvalue weighted by Gasteiger charge is 2.38. The van der Waals surface area contributed by atoms with Gasteiger partial charge in [0.15, 0.2) is 0 Å². The number of benzene rings is 1. The van der Waals surface area contributed by atoms with Gasteiger partial charge in [-0.15, -0.1) is 0 Å². The van der Waals surface area contributed by atoms with Gasteiger partial charge in [0.25, 0.3) is 5.91 Å². The van der Waals surface area contributed by atoms with Crippen LogP contribution in [0.4, 0.5) is 0 Å². The molecule has 128 valence electrons. The first-order valence-corrected chi connectivity index (χ1v) is 8.26. The second kappa shape index (κ2) is 7.15. The molecular formula is C18H23N3O3. The van der Waals surface area contributed by atoms with Crippen LogP contribution in [0, 0.1) is 0 Å². The van der Waals surface area contributed by atoms with Crippen molar-refractivity contribution in [2.45, 2.75) is 25.5 Å². The molecule has 1 aliphatic rings. The Bertz CT molecular complexity index is 686. The molecule has 0 aliphatic carbocycles. The third kappa shape index (κ3) is 3.49. The zero-order valence-electron chi connectivity index (χ0n) is 13.9. The molecule has 0 spiro atoms. The lowest BCUT2D eigenvalue weighted by Gasteiger charge is -2.41. The van der Waals surface area contributed by atoms with Crippen molar-refractivity contribution in [2.24, 2.45) is 0 Å². The maximum absolute atomic E-state index is 12.7. The zero-order chi connectivity index (χ0) is 17.0. The minimum atomic E-state index is -0.754. The van der Waals surface area contributed by atoms with E-state index in [1.807, 2.05) is 37.3 Å². The fraction of sp³-hybridized carbons (Fsp3) is 0.444. The molecule has 0 saturated carbocycles. The Hall–Kier alpha value is -2.18. The smallest absolute Gasteiger partial charge is 0.257 e. The first kappa shape index (κ1) is 16.7. The van der Waals surface area contributed by atoms with Crippen LogP contribution in [0.3, 0.4) is 0 Å². The highest BCUT2D eigenvalue weighted by molar-refractivity contribution is 5.93. The fourth-order valence-corrected chi connectivity index (χ4v) is 3.07. The highest BCUT2D eigenvalue weighted by Crippen LogP contribution is 2.24. The molecule has 1 unspecified atom stereocenters. The third-order valence-electron chi connectivity index (χ3n) is 4.40. The molecule has 2 aromatic rings. The van der Waals surface area contributed by atoms with Crippen molar-refractivity contribution in [2.75, 3.05) is 26.3 Å². The van der Waals surface area contributed by atoms with Gasteiger partial charge in [-0.1, -0.05) is 30.3 Å². The van der Waals surface area contributed by atoms with E-state index in [0.29, 0.717) is 31.7 Å². The number of aryl methyl sites for hydroxylation is 1. The molecule has 1 aliphatic heterocycles. The molecule has 1 aromatic carbocycles. The van der Waals surface area contributed by atoms with Crippen LogP contribution in [0.1, 0.15) is 22.8 Å². The average Bonchev–Trinajstić information content (AvgIpc) is 3.11. The van der Waals surface area contributed by atoms with Crippen LogP contribution in [0.2, 0.25) is 0 Å². The molecule has 1 amide bonds. The van der Waals surface area contributed by atoms with Gasteiger partial charge in [0, 0.05) is 25.7 Å². The van der Waals surface area contributed by atoms with E-state index in [1.54, 1.807) is 22.0 Å². The van der Waals surface area contributed by atoms with Crippen LogP contribution in [-0.4, -0.2) is 57.6 Å². The number of aliphatic hydroxyl groups excluding tert-OH is 1. The van der Waals surface area contributed by atoms with Gasteiger partial charge < -0.3 is 14.7 Å². The summed E-state index contributed by atoms with van der Waals surface area (Å²) >= 11 is 0. The average molecular weight is 329 g/mol. The lowest BCUT2D eigenvalue weighted by atomic mass is 9.93. The van der Waals surface area contributed by atoms with E-state index in [0.717, 1.165) is 12.1 Å². The monoisotopic (exact) mass is 329 g/mol. The van der Waals surface area contributed by atoms with E-state index < -0.39 is 5.60 Å². The molecule has 1 fully saturated rings. The maximum Gasteiger partial charge on any atom is 0.257 e. The lowest BCUT2D eigenvalue weighted by molar-refractivity contribution is -0.123. The predicted molar refractivity (Wildman–Crippen MR) is 89.7 cm³/mol. The molecule has 1 aromatic heterocycles. The summed E-state index contributed by atoms with van der Waals surface area (Å²) in [5, 5.41) is 14.1. The Morgan fingerprint density at radius 1 is 1.38 bits per heavy atom. The first-order valence-electron chi connectivity index (χ1n) is 8.26. The van der Waals surface area contributed by atoms with Crippen molar-refractivity contribution in [1.29, 1.82) is 0 Å². The topological polar surface area (TPSA) is 67.6 Å². The zero-order valence-corrected chi connectivity index (χ0v) is 13.9. The molecule has 1 saturated heterocycles. The van der Waals surface area contributed by atoms with Crippen LogP contribution < -0.4 is 0 Å². The van der Waals surface area contributed by atoms with Crippen molar-refractivity contribution < 1.29 is 14.6 Å². The number of nitrogens with zero attached hydrogens (tertiary/aromatic N) is 3. The molecule has 24 heavy (non-hydrogen) atoms. The molecule has 0 radical (unpaired) electrons. The number of aliphatic hydroxyl groups is 1. The Kier molecular flexibility index (Phi) is 4.97. The van der Waals surface area contributed by atoms with Crippen LogP contribution in [0.25, 0.3) is 0 Å². The van der Waals surface area contributed by atoms with Gasteiger partial charge in [-0.25, -0.2) is 0 Å². The number of carbonyl (C=O) groups is 1. The van der Waals surface area contributed by atoms with Crippen molar-refractivity contribution in [1.82, 2.24) is 14.7 Å². The summed E-state index contributed by atoms with van der Waals surface area (Å²) in [5.74, 6) is -0.0658. The summed E-state index contributed by atoms with van der Waals surface area (Å²) in [5.41, 5.74) is 0.903. The Morgan fingerprint density at radius 2 is 2.17 bits per heavy atom. The SMILES string of the molecule is CCn1cc(C(=O)N2CCOC(CO)(Cc3ccccc3)C2)cn1. The first-order chi connectivity index (χ1) is 11.7. The van der Waals surface area contributed by atoms with E-state index in [1.165, 1.54) is 0 Å².